The second-order valence-electron chi connectivity index (χ2n) is 6.62. The number of hydrogen-bond acceptors (Lipinski definition) is 3. The number of hydrogen-bond donors (Lipinski definition) is 1. The molecule has 1 atom stereocenters. The number of nitrogens with zero attached hydrogens (tertiary/aromatic N) is 1. The molecule has 1 unspecified atom stereocenters. The normalized spacial score (nSPS) is 14.5. The maximum atomic E-state index is 12.7. The van der Waals surface area contributed by atoms with Crippen LogP contribution in [0, 0.1) is 0 Å². The largest absolute Gasteiger partial charge is 0.497 e. The molecule has 0 bridgehead atoms. The van der Waals surface area contributed by atoms with Crippen molar-refractivity contribution in [3.63, 3.8) is 0 Å². The Morgan fingerprint density at radius 3 is 2.52 bits per heavy atom. The van der Waals surface area contributed by atoms with E-state index in [9.17, 15) is 9.59 Å². The Hall–Kier alpha value is -3.08. The van der Waals surface area contributed by atoms with Crippen LogP contribution in [-0.2, 0) is 22.6 Å². The molecule has 140 valence electrons. The molecule has 2 aromatic rings. The summed E-state index contributed by atoms with van der Waals surface area (Å²) >= 11 is 0. The minimum absolute atomic E-state index is 0.0595. The summed E-state index contributed by atoms with van der Waals surface area (Å²) in [5.74, 6) is 0.415. The molecule has 0 fully saturated rings. The van der Waals surface area contributed by atoms with Crippen LogP contribution >= 0.6 is 0 Å². The van der Waals surface area contributed by atoms with Gasteiger partial charge in [-0.15, -0.1) is 0 Å². The standard InChI is InChI=1S/C22H24N2O3/c1-16(22(26)24-14-13-18-5-3-4-6-19(18)15-24)23-21(25)12-9-17-7-10-20(27-2)11-8-17/h3-12,16H,13-15H2,1-2H3,(H,23,25)/b12-9+. The molecule has 0 radical (unpaired) electrons. The summed E-state index contributed by atoms with van der Waals surface area (Å²) in [6.45, 7) is 3.00. The number of methoxy groups -OCH3 is 1. The van der Waals surface area contributed by atoms with Crippen molar-refractivity contribution in [1.82, 2.24) is 10.2 Å². The Kier molecular flexibility index (Phi) is 5.91. The summed E-state index contributed by atoms with van der Waals surface area (Å²) in [6.07, 6.45) is 4.00. The van der Waals surface area contributed by atoms with Gasteiger partial charge in [0.05, 0.1) is 7.11 Å². The summed E-state index contributed by atoms with van der Waals surface area (Å²) in [4.78, 5) is 26.6. The van der Waals surface area contributed by atoms with Crippen LogP contribution in [0.15, 0.2) is 54.6 Å². The van der Waals surface area contributed by atoms with E-state index >= 15 is 0 Å². The highest BCUT2D eigenvalue weighted by Crippen LogP contribution is 2.19. The van der Waals surface area contributed by atoms with Crippen LogP contribution in [0.25, 0.3) is 6.08 Å². The molecule has 2 amide bonds. The summed E-state index contributed by atoms with van der Waals surface area (Å²) < 4.78 is 5.11. The van der Waals surface area contributed by atoms with Gasteiger partial charge in [-0.25, -0.2) is 0 Å². The highest BCUT2D eigenvalue weighted by atomic mass is 16.5. The molecule has 0 aromatic heterocycles. The van der Waals surface area contributed by atoms with Crippen molar-refractivity contribution in [2.75, 3.05) is 13.7 Å². The van der Waals surface area contributed by atoms with Crippen LogP contribution in [0.5, 0.6) is 5.75 Å². The van der Waals surface area contributed by atoms with Crippen molar-refractivity contribution in [3.8, 4) is 5.75 Å². The Morgan fingerprint density at radius 1 is 1.11 bits per heavy atom. The van der Waals surface area contributed by atoms with Gasteiger partial charge in [0, 0.05) is 19.2 Å². The van der Waals surface area contributed by atoms with Crippen molar-refractivity contribution in [2.24, 2.45) is 0 Å². The summed E-state index contributed by atoms with van der Waals surface area (Å²) in [5.41, 5.74) is 3.35. The molecule has 1 aliphatic heterocycles. The van der Waals surface area contributed by atoms with Gasteiger partial charge in [-0.1, -0.05) is 36.4 Å². The van der Waals surface area contributed by atoms with Gasteiger partial charge >= 0.3 is 0 Å². The average Bonchev–Trinajstić information content (AvgIpc) is 2.71. The summed E-state index contributed by atoms with van der Waals surface area (Å²) in [6, 6.07) is 15.0. The maximum Gasteiger partial charge on any atom is 0.245 e. The summed E-state index contributed by atoms with van der Waals surface area (Å²) in [7, 11) is 1.61. The average molecular weight is 364 g/mol. The lowest BCUT2D eigenvalue weighted by Gasteiger charge is -2.31. The zero-order valence-corrected chi connectivity index (χ0v) is 15.6. The first-order valence-corrected chi connectivity index (χ1v) is 9.05. The molecule has 2 aromatic carbocycles. The van der Waals surface area contributed by atoms with Crippen molar-refractivity contribution >= 4 is 17.9 Å². The predicted molar refractivity (Wildman–Crippen MR) is 105 cm³/mol. The fraction of sp³-hybridized carbons (Fsp3) is 0.273. The Bertz CT molecular complexity index is 843. The third kappa shape index (κ3) is 4.76. The van der Waals surface area contributed by atoms with Crippen LogP contribution in [-0.4, -0.2) is 36.4 Å². The molecule has 1 N–H and O–H groups in total. The van der Waals surface area contributed by atoms with Crippen LogP contribution < -0.4 is 10.1 Å². The fourth-order valence-electron chi connectivity index (χ4n) is 3.17. The molecular weight excluding hydrogens is 340 g/mol. The van der Waals surface area contributed by atoms with Gasteiger partial charge in [-0.2, -0.15) is 0 Å². The lowest BCUT2D eigenvalue weighted by Crippen LogP contribution is -2.48. The van der Waals surface area contributed by atoms with Crippen molar-refractivity contribution < 1.29 is 14.3 Å². The molecule has 5 heteroatoms. The van der Waals surface area contributed by atoms with E-state index in [1.54, 1.807) is 25.0 Å². The van der Waals surface area contributed by atoms with Crippen molar-refractivity contribution in [3.05, 3.63) is 71.3 Å². The Morgan fingerprint density at radius 2 is 1.81 bits per heavy atom. The highest BCUT2D eigenvalue weighted by Gasteiger charge is 2.25. The monoisotopic (exact) mass is 364 g/mol. The number of benzene rings is 2. The minimum Gasteiger partial charge on any atom is -0.497 e. The van der Waals surface area contributed by atoms with Crippen LogP contribution in [0.4, 0.5) is 0 Å². The fourth-order valence-corrected chi connectivity index (χ4v) is 3.17. The number of ether oxygens (including phenoxy) is 1. The zero-order valence-electron chi connectivity index (χ0n) is 15.6. The Labute approximate surface area is 159 Å². The molecule has 0 saturated carbocycles. The topological polar surface area (TPSA) is 58.6 Å². The lowest BCUT2D eigenvalue weighted by atomic mass is 9.99. The molecule has 5 nitrogen and oxygen atoms in total. The van der Waals surface area contributed by atoms with Gasteiger partial charge < -0.3 is 15.0 Å². The van der Waals surface area contributed by atoms with Gasteiger partial charge in [-0.05, 0) is 48.2 Å². The van der Waals surface area contributed by atoms with E-state index in [1.165, 1.54) is 17.2 Å². The van der Waals surface area contributed by atoms with E-state index < -0.39 is 6.04 Å². The molecule has 0 saturated heterocycles. The SMILES string of the molecule is COc1ccc(/C=C/C(=O)NC(C)C(=O)N2CCc3ccccc3C2)cc1. The van der Waals surface area contributed by atoms with E-state index in [0.717, 1.165) is 17.7 Å². The molecule has 3 rings (SSSR count). The number of carbonyl (C=O) groups excluding carboxylic acids is 2. The number of fused-ring (bicyclic) bond motifs is 1. The lowest BCUT2D eigenvalue weighted by molar-refractivity contribution is -0.136. The maximum absolute atomic E-state index is 12.7. The quantitative estimate of drug-likeness (QED) is 0.830. The minimum atomic E-state index is -0.566. The third-order valence-electron chi connectivity index (χ3n) is 4.71. The van der Waals surface area contributed by atoms with Gasteiger partial charge in [0.1, 0.15) is 11.8 Å². The molecular formula is C22H24N2O3. The first-order chi connectivity index (χ1) is 13.1. The predicted octanol–water partition coefficient (Wildman–Crippen LogP) is 2.80. The van der Waals surface area contributed by atoms with Gasteiger partial charge in [-0.3, -0.25) is 9.59 Å². The Balaban J connectivity index is 1.54. The molecule has 0 aliphatic carbocycles. The van der Waals surface area contributed by atoms with Crippen molar-refractivity contribution in [2.45, 2.75) is 25.9 Å². The number of rotatable bonds is 5. The molecule has 0 spiro atoms. The smallest absolute Gasteiger partial charge is 0.245 e. The molecule has 27 heavy (non-hydrogen) atoms. The third-order valence-corrected chi connectivity index (χ3v) is 4.71. The van der Waals surface area contributed by atoms with E-state index in [-0.39, 0.29) is 11.8 Å². The van der Waals surface area contributed by atoms with Crippen LogP contribution in [0.1, 0.15) is 23.6 Å². The van der Waals surface area contributed by atoms with E-state index in [4.69, 9.17) is 4.74 Å². The number of nitrogens with one attached hydrogen (secondary N) is 1. The number of amides is 2. The molecule has 1 heterocycles. The summed E-state index contributed by atoms with van der Waals surface area (Å²) in [5, 5.41) is 2.75. The second-order valence-corrected chi connectivity index (χ2v) is 6.62. The van der Waals surface area contributed by atoms with E-state index in [0.29, 0.717) is 13.1 Å². The highest BCUT2D eigenvalue weighted by molar-refractivity contribution is 5.95. The van der Waals surface area contributed by atoms with Crippen molar-refractivity contribution in [1.29, 1.82) is 0 Å². The van der Waals surface area contributed by atoms with E-state index in [2.05, 4.69) is 17.4 Å². The second kappa shape index (κ2) is 8.54. The first kappa shape index (κ1) is 18.7. The van der Waals surface area contributed by atoms with Gasteiger partial charge in [0.25, 0.3) is 0 Å². The van der Waals surface area contributed by atoms with Gasteiger partial charge in [0.2, 0.25) is 11.8 Å². The van der Waals surface area contributed by atoms with Gasteiger partial charge in [0.15, 0.2) is 0 Å². The molecule has 1 aliphatic rings. The van der Waals surface area contributed by atoms with Crippen LogP contribution in [0.2, 0.25) is 0 Å². The first-order valence-electron chi connectivity index (χ1n) is 9.05. The van der Waals surface area contributed by atoms with Crippen LogP contribution in [0.3, 0.4) is 0 Å². The number of carbonyl (C=O) groups is 2. The van der Waals surface area contributed by atoms with E-state index in [1.807, 2.05) is 36.4 Å². The zero-order chi connectivity index (χ0) is 19.2.